The van der Waals surface area contributed by atoms with Gasteiger partial charge in [0.25, 0.3) is 0 Å². The summed E-state index contributed by atoms with van der Waals surface area (Å²) in [5.74, 6) is -0.787. The van der Waals surface area contributed by atoms with Crippen LogP contribution >= 0.6 is 0 Å². The van der Waals surface area contributed by atoms with Crippen LogP contribution in [0.4, 0.5) is 0 Å². The molecule has 0 amide bonds. The van der Waals surface area contributed by atoms with Gasteiger partial charge in [0.15, 0.2) is 0 Å². The van der Waals surface area contributed by atoms with Crippen molar-refractivity contribution in [1.82, 2.24) is 9.80 Å². The summed E-state index contributed by atoms with van der Waals surface area (Å²) < 4.78 is 5.20. The molecule has 0 aromatic rings. The Morgan fingerprint density at radius 3 is 2.40 bits per heavy atom. The minimum Gasteiger partial charge on any atom is -0.480 e. The minimum absolute atomic E-state index is 0.0842. The lowest BCUT2D eigenvalue weighted by Crippen LogP contribution is -2.37. The molecule has 0 aromatic carbocycles. The largest absolute Gasteiger partial charge is 0.480 e. The third kappa shape index (κ3) is 9.65. The van der Waals surface area contributed by atoms with Gasteiger partial charge in [-0.25, -0.2) is 0 Å². The van der Waals surface area contributed by atoms with Crippen LogP contribution in [0.3, 0.4) is 0 Å². The molecule has 0 radical (unpaired) electrons. The molecule has 0 rings (SSSR count). The first kappa shape index (κ1) is 14.3. The predicted octanol–water partition coefficient (Wildman–Crippen LogP) is -0.0289. The van der Waals surface area contributed by atoms with Gasteiger partial charge in [0.2, 0.25) is 0 Å². The minimum atomic E-state index is -0.787. The smallest absolute Gasteiger partial charge is 0.317 e. The molecule has 0 bridgehead atoms. The van der Waals surface area contributed by atoms with Gasteiger partial charge in [-0.3, -0.25) is 9.69 Å². The summed E-state index contributed by atoms with van der Waals surface area (Å²) in [5.41, 5.74) is 0. The molecule has 0 aliphatic carbocycles. The van der Waals surface area contributed by atoms with Crippen molar-refractivity contribution in [3.05, 3.63) is 0 Å². The Labute approximate surface area is 91.6 Å². The molecule has 0 aliphatic heterocycles. The van der Waals surface area contributed by atoms with Gasteiger partial charge in [-0.15, -0.1) is 0 Å². The van der Waals surface area contributed by atoms with Crippen molar-refractivity contribution >= 4 is 5.97 Å². The molecule has 90 valence electrons. The highest BCUT2D eigenvalue weighted by atomic mass is 16.5. The van der Waals surface area contributed by atoms with Gasteiger partial charge in [0.05, 0.1) is 13.2 Å². The Morgan fingerprint density at radius 2 is 1.93 bits per heavy atom. The molecular weight excluding hydrogens is 196 g/mol. The third-order valence-corrected chi connectivity index (χ3v) is 1.98. The van der Waals surface area contributed by atoms with Crippen molar-refractivity contribution in [1.29, 1.82) is 0 Å². The van der Waals surface area contributed by atoms with E-state index in [1.807, 2.05) is 30.8 Å². The van der Waals surface area contributed by atoms with E-state index in [9.17, 15) is 4.79 Å². The lowest BCUT2D eigenvalue weighted by Gasteiger charge is -2.21. The van der Waals surface area contributed by atoms with Gasteiger partial charge in [0, 0.05) is 26.2 Å². The lowest BCUT2D eigenvalue weighted by atomic mass is 10.4. The molecule has 0 spiro atoms. The van der Waals surface area contributed by atoms with Crippen LogP contribution in [-0.4, -0.2) is 74.4 Å². The molecule has 0 atom stereocenters. The van der Waals surface area contributed by atoms with E-state index in [2.05, 4.69) is 0 Å². The first-order chi connectivity index (χ1) is 7.06. The molecule has 5 nitrogen and oxygen atoms in total. The van der Waals surface area contributed by atoms with Crippen LogP contribution < -0.4 is 0 Å². The van der Waals surface area contributed by atoms with E-state index in [-0.39, 0.29) is 6.54 Å². The van der Waals surface area contributed by atoms with Crippen molar-refractivity contribution in [2.45, 2.75) is 6.92 Å². The number of nitrogens with zero attached hydrogens (tertiary/aromatic N) is 2. The summed E-state index contributed by atoms with van der Waals surface area (Å²) in [4.78, 5) is 14.5. The van der Waals surface area contributed by atoms with Gasteiger partial charge in [-0.2, -0.15) is 0 Å². The van der Waals surface area contributed by atoms with Gasteiger partial charge >= 0.3 is 5.97 Å². The van der Waals surface area contributed by atoms with Crippen LogP contribution in [0.5, 0.6) is 0 Å². The molecule has 0 unspecified atom stereocenters. The summed E-state index contributed by atoms with van der Waals surface area (Å²) in [5, 5.41) is 8.71. The van der Waals surface area contributed by atoms with Crippen molar-refractivity contribution in [3.8, 4) is 0 Å². The SMILES string of the molecule is CCOCCN(CCN(C)C)CC(=O)O. The number of ether oxygens (including phenoxy) is 1. The van der Waals surface area contributed by atoms with Crippen molar-refractivity contribution < 1.29 is 14.6 Å². The molecule has 0 saturated carbocycles. The maximum absolute atomic E-state index is 10.6. The molecule has 0 heterocycles. The average Bonchev–Trinajstić information content (AvgIpc) is 2.13. The highest BCUT2D eigenvalue weighted by Crippen LogP contribution is 1.90. The quantitative estimate of drug-likeness (QED) is 0.551. The predicted molar refractivity (Wildman–Crippen MR) is 59.1 cm³/mol. The number of carboxylic acids is 1. The molecule has 15 heavy (non-hydrogen) atoms. The highest BCUT2D eigenvalue weighted by Gasteiger charge is 2.09. The van der Waals surface area contributed by atoms with Crippen LogP contribution in [0, 0.1) is 0 Å². The van der Waals surface area contributed by atoms with E-state index >= 15 is 0 Å². The second-order valence-corrected chi connectivity index (χ2v) is 3.67. The Kier molecular flexibility index (Phi) is 8.27. The Bertz CT molecular complexity index is 174. The van der Waals surface area contributed by atoms with Gasteiger partial charge in [-0.1, -0.05) is 0 Å². The topological polar surface area (TPSA) is 53.0 Å². The average molecular weight is 218 g/mol. The summed E-state index contributed by atoms with van der Waals surface area (Å²) in [6.45, 7) is 5.58. The van der Waals surface area contributed by atoms with Crippen LogP contribution in [-0.2, 0) is 9.53 Å². The van der Waals surface area contributed by atoms with Crippen molar-refractivity contribution in [2.75, 3.05) is 53.5 Å². The second kappa shape index (κ2) is 8.64. The first-order valence-corrected chi connectivity index (χ1v) is 5.23. The summed E-state index contributed by atoms with van der Waals surface area (Å²) in [6.07, 6.45) is 0. The standard InChI is InChI=1S/C10H22N2O3/c1-4-15-8-7-12(9-10(13)14)6-5-11(2)3/h4-9H2,1-3H3,(H,13,14). The molecule has 0 fully saturated rings. The Hall–Kier alpha value is -0.650. The number of likely N-dealkylation sites (N-methyl/N-ethyl adjacent to an activating group) is 1. The number of hydrogen-bond acceptors (Lipinski definition) is 4. The summed E-state index contributed by atoms with van der Waals surface area (Å²) >= 11 is 0. The van der Waals surface area contributed by atoms with Gasteiger partial charge in [0.1, 0.15) is 0 Å². The zero-order valence-corrected chi connectivity index (χ0v) is 9.90. The Morgan fingerprint density at radius 1 is 1.27 bits per heavy atom. The van der Waals surface area contributed by atoms with Crippen LogP contribution in [0.25, 0.3) is 0 Å². The zero-order chi connectivity index (χ0) is 11.7. The number of aliphatic carboxylic acids is 1. The molecule has 1 N–H and O–H groups in total. The molecular formula is C10H22N2O3. The normalized spacial score (nSPS) is 11.3. The third-order valence-electron chi connectivity index (χ3n) is 1.98. The Balaban J connectivity index is 3.78. The lowest BCUT2D eigenvalue weighted by molar-refractivity contribution is -0.138. The van der Waals surface area contributed by atoms with E-state index in [4.69, 9.17) is 9.84 Å². The number of rotatable bonds is 9. The fourth-order valence-corrected chi connectivity index (χ4v) is 1.14. The maximum Gasteiger partial charge on any atom is 0.317 e. The van der Waals surface area contributed by atoms with E-state index in [1.54, 1.807) is 0 Å². The fraction of sp³-hybridized carbons (Fsp3) is 0.900. The van der Waals surface area contributed by atoms with Crippen LogP contribution in [0.2, 0.25) is 0 Å². The number of carbonyl (C=O) groups is 1. The fourth-order valence-electron chi connectivity index (χ4n) is 1.14. The number of carboxylic acid groups (broad SMARTS) is 1. The van der Waals surface area contributed by atoms with Crippen molar-refractivity contribution in [2.24, 2.45) is 0 Å². The van der Waals surface area contributed by atoms with Crippen LogP contribution in [0.1, 0.15) is 6.92 Å². The van der Waals surface area contributed by atoms with E-state index in [0.717, 1.165) is 13.1 Å². The highest BCUT2D eigenvalue weighted by molar-refractivity contribution is 5.69. The monoisotopic (exact) mass is 218 g/mol. The van der Waals surface area contributed by atoms with E-state index in [0.29, 0.717) is 19.8 Å². The van der Waals surface area contributed by atoms with Gasteiger partial charge < -0.3 is 14.7 Å². The summed E-state index contributed by atoms with van der Waals surface area (Å²) in [7, 11) is 3.95. The molecule has 0 saturated heterocycles. The van der Waals surface area contributed by atoms with E-state index < -0.39 is 5.97 Å². The molecule has 5 heteroatoms. The molecule has 0 aliphatic rings. The molecule has 0 aromatic heterocycles. The van der Waals surface area contributed by atoms with Gasteiger partial charge in [-0.05, 0) is 21.0 Å². The van der Waals surface area contributed by atoms with E-state index in [1.165, 1.54) is 0 Å². The first-order valence-electron chi connectivity index (χ1n) is 5.23. The second-order valence-electron chi connectivity index (χ2n) is 3.67. The maximum atomic E-state index is 10.6. The van der Waals surface area contributed by atoms with Crippen molar-refractivity contribution in [3.63, 3.8) is 0 Å². The number of hydrogen-bond donors (Lipinski definition) is 1. The van der Waals surface area contributed by atoms with Crippen LogP contribution in [0.15, 0.2) is 0 Å². The zero-order valence-electron chi connectivity index (χ0n) is 9.90. The summed E-state index contributed by atoms with van der Waals surface area (Å²) in [6, 6.07) is 0.